The van der Waals surface area contributed by atoms with Gasteiger partial charge in [-0.05, 0) is 0 Å². The summed E-state index contributed by atoms with van der Waals surface area (Å²) in [6, 6.07) is 6.36. The van der Waals surface area contributed by atoms with E-state index in [1.54, 1.807) is 6.07 Å². The molecular weight excluding hydrogens is 189 g/mol. The first-order chi connectivity index (χ1) is 5.61. The van der Waals surface area contributed by atoms with Crippen molar-refractivity contribution in [3.05, 3.63) is 35.9 Å². The van der Waals surface area contributed by atoms with Crippen molar-refractivity contribution in [1.82, 2.24) is 0 Å². The molecule has 0 saturated carbocycles. The van der Waals surface area contributed by atoms with Gasteiger partial charge in [0, 0.05) is 6.38 Å². The number of benzene rings is 1. The third-order valence-electron chi connectivity index (χ3n) is 1.10. The zero-order valence-electron chi connectivity index (χ0n) is 6.40. The van der Waals surface area contributed by atoms with Crippen molar-refractivity contribution in [2.24, 2.45) is 0 Å². The van der Waals surface area contributed by atoms with Crippen LogP contribution in [0.15, 0.2) is 30.3 Å². The molecule has 0 aromatic heterocycles. The minimum Gasteiger partial charge on any atom is -0.166 e. The minimum absolute atomic E-state index is 0.602. The molecule has 1 rings (SSSR count). The fraction of sp³-hybridized carbons (Fsp3) is 0.250. The summed E-state index contributed by atoms with van der Waals surface area (Å²) < 4.78 is 35.4. The van der Waals surface area contributed by atoms with Crippen LogP contribution in [-0.4, -0.2) is 6.38 Å². The van der Waals surface area contributed by atoms with Crippen molar-refractivity contribution in [3.63, 3.8) is 0 Å². The van der Waals surface area contributed by atoms with Crippen molar-refractivity contribution in [2.75, 3.05) is 6.38 Å². The van der Waals surface area contributed by atoms with Crippen LogP contribution in [0.5, 0.6) is 0 Å². The Morgan fingerprint density at radius 2 is 1.42 bits per heavy atom. The molecule has 0 unspecified atom stereocenters. The second-order valence-electron chi connectivity index (χ2n) is 1.86. The van der Waals surface area contributed by atoms with Crippen molar-refractivity contribution in [1.29, 1.82) is 0 Å². The lowest BCUT2D eigenvalue weighted by atomic mass is 10.2. The van der Waals surface area contributed by atoms with Gasteiger partial charge in [-0.2, -0.15) is 13.2 Å². The van der Waals surface area contributed by atoms with E-state index in [0.29, 0.717) is 0 Å². The van der Waals surface area contributed by atoms with Crippen LogP contribution in [0.4, 0.5) is 13.2 Å². The normalized spacial score (nSPS) is 10.1. The highest BCUT2D eigenvalue weighted by atomic mass is 35.5. The molecule has 0 bridgehead atoms. The van der Waals surface area contributed by atoms with Crippen LogP contribution in [0.3, 0.4) is 0 Å². The van der Waals surface area contributed by atoms with Gasteiger partial charge in [0.25, 0.3) is 0 Å². The average Bonchev–Trinajstić information content (AvgIpc) is 2.08. The lowest BCUT2D eigenvalue weighted by Crippen LogP contribution is -2.03. The Morgan fingerprint density at radius 3 is 1.67 bits per heavy atom. The van der Waals surface area contributed by atoms with Gasteiger partial charge in [0.2, 0.25) is 0 Å². The summed E-state index contributed by atoms with van der Waals surface area (Å²) in [6.07, 6.45) is -2.73. The number of rotatable bonds is 0. The molecule has 0 aliphatic carbocycles. The van der Waals surface area contributed by atoms with Crippen LogP contribution in [-0.2, 0) is 6.18 Å². The van der Waals surface area contributed by atoms with Gasteiger partial charge in [-0.1, -0.05) is 30.3 Å². The molecule has 0 fully saturated rings. The van der Waals surface area contributed by atoms with E-state index in [0.717, 1.165) is 12.1 Å². The van der Waals surface area contributed by atoms with E-state index in [1.807, 2.05) is 0 Å². The molecule has 0 N–H and O–H groups in total. The highest BCUT2D eigenvalue weighted by Gasteiger charge is 2.29. The Morgan fingerprint density at radius 1 is 1.00 bits per heavy atom. The van der Waals surface area contributed by atoms with E-state index in [2.05, 4.69) is 11.6 Å². The molecule has 68 valence electrons. The molecule has 1 aromatic rings. The van der Waals surface area contributed by atoms with Crippen LogP contribution in [0.25, 0.3) is 0 Å². The maximum absolute atomic E-state index is 11.8. The molecule has 0 nitrogen and oxygen atoms in total. The summed E-state index contributed by atoms with van der Waals surface area (Å²) in [6.45, 7) is 0. The average molecular weight is 197 g/mol. The molecule has 12 heavy (non-hydrogen) atoms. The van der Waals surface area contributed by atoms with Crippen LogP contribution >= 0.6 is 11.6 Å². The van der Waals surface area contributed by atoms with Gasteiger partial charge in [-0.15, -0.1) is 11.6 Å². The van der Waals surface area contributed by atoms with E-state index in [-0.39, 0.29) is 0 Å². The van der Waals surface area contributed by atoms with Gasteiger partial charge in [0.1, 0.15) is 0 Å². The molecule has 0 amide bonds. The molecule has 0 aliphatic rings. The van der Waals surface area contributed by atoms with Gasteiger partial charge in [0.05, 0.1) is 5.56 Å². The fourth-order valence-corrected chi connectivity index (χ4v) is 0.627. The summed E-state index contributed by atoms with van der Waals surface area (Å²) in [5.41, 5.74) is -0.602. The summed E-state index contributed by atoms with van der Waals surface area (Å²) in [5.74, 6) is 0. The number of hydrogen-bond acceptors (Lipinski definition) is 0. The maximum Gasteiger partial charge on any atom is 0.416 e. The first-order valence-corrected chi connectivity index (χ1v) is 3.86. The van der Waals surface area contributed by atoms with Crippen molar-refractivity contribution in [3.8, 4) is 0 Å². The topological polar surface area (TPSA) is 0 Å². The largest absolute Gasteiger partial charge is 0.416 e. The standard InChI is InChI=1S/C7H5F3.CH3Cl/c8-7(9,10)6-4-2-1-3-5-6;1-2/h1-5H;1H3. The Hall–Kier alpha value is -0.700. The lowest BCUT2D eigenvalue weighted by molar-refractivity contribution is -0.137. The number of halogens is 4. The predicted octanol–water partition coefficient (Wildman–Crippen LogP) is 3.56. The Kier molecular flexibility index (Phi) is 4.74. The van der Waals surface area contributed by atoms with Crippen molar-refractivity contribution in [2.45, 2.75) is 6.18 Å². The summed E-state index contributed by atoms with van der Waals surface area (Å²) in [5, 5.41) is 0. The highest BCUT2D eigenvalue weighted by Crippen LogP contribution is 2.28. The van der Waals surface area contributed by atoms with E-state index >= 15 is 0 Å². The molecule has 4 heteroatoms. The third kappa shape index (κ3) is 3.62. The summed E-state index contributed by atoms with van der Waals surface area (Å²) in [4.78, 5) is 0. The summed E-state index contributed by atoms with van der Waals surface area (Å²) >= 11 is 4.64. The number of hydrogen-bond donors (Lipinski definition) is 0. The van der Waals surface area contributed by atoms with Crippen LogP contribution in [0.1, 0.15) is 5.56 Å². The van der Waals surface area contributed by atoms with Crippen molar-refractivity contribution < 1.29 is 13.2 Å². The molecule has 0 aliphatic heterocycles. The molecule has 1 aromatic carbocycles. The number of alkyl halides is 4. The lowest BCUT2D eigenvalue weighted by Gasteiger charge is -2.03. The molecule has 0 spiro atoms. The predicted molar refractivity (Wildman–Crippen MR) is 43.2 cm³/mol. The smallest absolute Gasteiger partial charge is 0.166 e. The van der Waals surface area contributed by atoms with E-state index in [1.165, 1.54) is 18.5 Å². The van der Waals surface area contributed by atoms with Gasteiger partial charge in [0.15, 0.2) is 0 Å². The van der Waals surface area contributed by atoms with Crippen LogP contribution in [0, 0.1) is 0 Å². The molecular formula is C8H8ClF3. The SMILES string of the molecule is CCl.FC(F)(F)c1ccccc1. The first kappa shape index (κ1) is 11.3. The van der Waals surface area contributed by atoms with E-state index in [9.17, 15) is 13.2 Å². The van der Waals surface area contributed by atoms with Crippen molar-refractivity contribution >= 4 is 11.6 Å². The Balaban J connectivity index is 0.000000561. The van der Waals surface area contributed by atoms with Crippen LogP contribution < -0.4 is 0 Å². The van der Waals surface area contributed by atoms with Gasteiger partial charge in [-0.3, -0.25) is 0 Å². The van der Waals surface area contributed by atoms with Gasteiger partial charge in [-0.25, -0.2) is 0 Å². The monoisotopic (exact) mass is 196 g/mol. The zero-order chi connectivity index (χ0) is 9.61. The first-order valence-electron chi connectivity index (χ1n) is 3.11. The van der Waals surface area contributed by atoms with E-state index in [4.69, 9.17) is 0 Å². The second-order valence-corrected chi connectivity index (χ2v) is 1.86. The molecule has 0 heterocycles. The summed E-state index contributed by atoms with van der Waals surface area (Å²) in [7, 11) is 0. The third-order valence-corrected chi connectivity index (χ3v) is 1.10. The maximum atomic E-state index is 11.8. The van der Waals surface area contributed by atoms with Crippen LogP contribution in [0.2, 0.25) is 0 Å². The second kappa shape index (κ2) is 5.04. The Labute approximate surface area is 74.0 Å². The molecule has 0 radical (unpaired) electrons. The Bertz CT molecular complexity index is 205. The highest BCUT2D eigenvalue weighted by molar-refractivity contribution is 6.15. The molecule has 0 atom stereocenters. The van der Waals surface area contributed by atoms with E-state index < -0.39 is 11.7 Å². The quantitative estimate of drug-likeness (QED) is 0.557. The zero-order valence-corrected chi connectivity index (χ0v) is 7.15. The fourth-order valence-electron chi connectivity index (χ4n) is 0.627. The van der Waals surface area contributed by atoms with Gasteiger partial charge < -0.3 is 0 Å². The minimum atomic E-state index is -4.21. The van der Waals surface area contributed by atoms with Gasteiger partial charge >= 0.3 is 6.18 Å². The molecule has 0 saturated heterocycles.